The van der Waals surface area contributed by atoms with Crippen LogP contribution in [-0.2, 0) is 23.1 Å². The van der Waals surface area contributed by atoms with Crippen molar-refractivity contribution in [1.29, 1.82) is 0 Å². The molecule has 0 aliphatic carbocycles. The molecule has 0 aromatic carbocycles. The number of aryl methyl sites for hydroxylation is 1. The number of carbonyl (C=O) groups is 2. The van der Waals surface area contributed by atoms with E-state index in [2.05, 4.69) is 10.4 Å². The van der Waals surface area contributed by atoms with Crippen molar-refractivity contribution < 1.29 is 9.59 Å². The standard InChI is InChI=1S/C14H22N4O2/c1-5-11-12(19)16-14(2,3)13(20)18(11)7-6-10-8-15-17(4)9-10/h8-9,11H,5-7H2,1-4H3,(H,16,19). The van der Waals surface area contributed by atoms with Crippen LogP contribution in [0.3, 0.4) is 0 Å². The zero-order valence-electron chi connectivity index (χ0n) is 12.5. The summed E-state index contributed by atoms with van der Waals surface area (Å²) in [5.74, 6) is -0.0869. The van der Waals surface area contributed by atoms with E-state index in [0.29, 0.717) is 19.4 Å². The van der Waals surface area contributed by atoms with Crippen LogP contribution in [0.25, 0.3) is 0 Å². The summed E-state index contributed by atoms with van der Waals surface area (Å²) in [6, 6.07) is -0.368. The van der Waals surface area contributed by atoms with E-state index < -0.39 is 5.54 Å². The second kappa shape index (κ2) is 5.26. The maximum atomic E-state index is 12.5. The molecule has 1 unspecified atom stereocenters. The third-order valence-corrected chi connectivity index (χ3v) is 3.70. The van der Waals surface area contributed by atoms with Gasteiger partial charge in [0.15, 0.2) is 0 Å². The molecule has 0 radical (unpaired) electrons. The van der Waals surface area contributed by atoms with Crippen LogP contribution in [0, 0.1) is 0 Å². The quantitative estimate of drug-likeness (QED) is 0.871. The van der Waals surface area contributed by atoms with E-state index in [0.717, 1.165) is 5.56 Å². The molecular weight excluding hydrogens is 256 g/mol. The molecule has 0 saturated carbocycles. The molecule has 1 atom stereocenters. The first-order valence-electron chi connectivity index (χ1n) is 6.95. The number of nitrogens with one attached hydrogen (secondary N) is 1. The van der Waals surface area contributed by atoms with Crippen molar-refractivity contribution in [3.8, 4) is 0 Å². The van der Waals surface area contributed by atoms with Crippen molar-refractivity contribution >= 4 is 11.8 Å². The topological polar surface area (TPSA) is 67.2 Å². The molecule has 2 heterocycles. The van der Waals surface area contributed by atoms with Crippen LogP contribution in [0.1, 0.15) is 32.8 Å². The monoisotopic (exact) mass is 278 g/mol. The van der Waals surface area contributed by atoms with Gasteiger partial charge in [-0.2, -0.15) is 5.10 Å². The zero-order valence-corrected chi connectivity index (χ0v) is 12.5. The molecule has 0 bridgehead atoms. The van der Waals surface area contributed by atoms with Gasteiger partial charge in [-0.1, -0.05) is 6.92 Å². The fourth-order valence-electron chi connectivity index (χ4n) is 2.60. The first-order valence-corrected chi connectivity index (χ1v) is 6.95. The average Bonchev–Trinajstić information content (AvgIpc) is 2.77. The summed E-state index contributed by atoms with van der Waals surface area (Å²) in [6.07, 6.45) is 5.06. The number of carbonyl (C=O) groups excluding carboxylic acids is 2. The summed E-state index contributed by atoms with van der Waals surface area (Å²) < 4.78 is 1.74. The van der Waals surface area contributed by atoms with Gasteiger partial charge in [-0.25, -0.2) is 0 Å². The molecule has 1 aliphatic rings. The smallest absolute Gasteiger partial charge is 0.248 e. The van der Waals surface area contributed by atoms with E-state index in [1.165, 1.54) is 0 Å². The minimum atomic E-state index is -0.822. The second-order valence-electron chi connectivity index (χ2n) is 5.81. The van der Waals surface area contributed by atoms with Gasteiger partial charge < -0.3 is 10.2 Å². The Morgan fingerprint density at radius 2 is 2.10 bits per heavy atom. The van der Waals surface area contributed by atoms with Crippen molar-refractivity contribution in [1.82, 2.24) is 20.0 Å². The summed E-state index contributed by atoms with van der Waals surface area (Å²) in [5, 5.41) is 6.91. The maximum absolute atomic E-state index is 12.5. The highest BCUT2D eigenvalue weighted by molar-refractivity contribution is 5.99. The van der Waals surface area contributed by atoms with E-state index >= 15 is 0 Å². The van der Waals surface area contributed by atoms with E-state index in [9.17, 15) is 9.59 Å². The normalized spacial score (nSPS) is 22.0. The van der Waals surface area contributed by atoms with Gasteiger partial charge in [-0.3, -0.25) is 14.3 Å². The van der Waals surface area contributed by atoms with Gasteiger partial charge in [-0.05, 0) is 32.3 Å². The van der Waals surface area contributed by atoms with Gasteiger partial charge in [-0.15, -0.1) is 0 Å². The Morgan fingerprint density at radius 1 is 1.40 bits per heavy atom. The van der Waals surface area contributed by atoms with E-state index in [-0.39, 0.29) is 17.9 Å². The molecule has 1 aliphatic heterocycles. The van der Waals surface area contributed by atoms with Crippen LogP contribution in [0.15, 0.2) is 12.4 Å². The third-order valence-electron chi connectivity index (χ3n) is 3.70. The van der Waals surface area contributed by atoms with Crippen molar-refractivity contribution in [2.24, 2.45) is 7.05 Å². The van der Waals surface area contributed by atoms with Gasteiger partial charge in [0.1, 0.15) is 11.6 Å². The lowest BCUT2D eigenvalue weighted by atomic mass is 9.95. The highest BCUT2D eigenvalue weighted by Crippen LogP contribution is 2.20. The molecule has 1 aromatic heterocycles. The number of nitrogens with zero attached hydrogens (tertiary/aromatic N) is 3. The van der Waals surface area contributed by atoms with Gasteiger partial charge in [0.05, 0.1) is 6.20 Å². The Balaban J connectivity index is 2.12. The molecule has 1 fully saturated rings. The molecule has 2 amide bonds. The number of hydrogen-bond acceptors (Lipinski definition) is 3. The number of hydrogen-bond donors (Lipinski definition) is 1. The summed E-state index contributed by atoms with van der Waals surface area (Å²) in [6.45, 7) is 5.96. The number of piperazine rings is 1. The molecule has 1 aromatic rings. The lowest BCUT2D eigenvalue weighted by molar-refractivity contribution is -0.153. The number of amides is 2. The highest BCUT2D eigenvalue weighted by Gasteiger charge is 2.44. The molecule has 20 heavy (non-hydrogen) atoms. The Labute approximate surface area is 119 Å². The third kappa shape index (κ3) is 2.69. The SMILES string of the molecule is CCC1C(=O)NC(C)(C)C(=O)N1CCc1cnn(C)c1. The van der Waals surface area contributed by atoms with Crippen LogP contribution in [0.4, 0.5) is 0 Å². The Hall–Kier alpha value is -1.85. The summed E-state index contributed by atoms with van der Waals surface area (Å²) >= 11 is 0. The lowest BCUT2D eigenvalue weighted by Gasteiger charge is -2.42. The summed E-state index contributed by atoms with van der Waals surface area (Å²) in [4.78, 5) is 26.3. The van der Waals surface area contributed by atoms with Gasteiger partial charge >= 0.3 is 0 Å². The average molecular weight is 278 g/mol. The molecule has 6 heteroatoms. The maximum Gasteiger partial charge on any atom is 0.248 e. The second-order valence-corrected chi connectivity index (χ2v) is 5.81. The molecular formula is C14H22N4O2. The van der Waals surface area contributed by atoms with Crippen molar-refractivity contribution in [2.45, 2.75) is 45.2 Å². The van der Waals surface area contributed by atoms with Crippen molar-refractivity contribution in [3.05, 3.63) is 18.0 Å². The Kier molecular flexibility index (Phi) is 3.83. The van der Waals surface area contributed by atoms with Crippen LogP contribution in [0.5, 0.6) is 0 Å². The summed E-state index contributed by atoms with van der Waals surface area (Å²) in [7, 11) is 1.86. The van der Waals surface area contributed by atoms with Gasteiger partial charge in [0.25, 0.3) is 0 Å². The predicted octanol–water partition coefficient (Wildman–Crippen LogP) is 0.478. The minimum Gasteiger partial charge on any atom is -0.340 e. The largest absolute Gasteiger partial charge is 0.340 e. The van der Waals surface area contributed by atoms with E-state index in [1.54, 1.807) is 29.6 Å². The number of aromatic nitrogens is 2. The van der Waals surface area contributed by atoms with E-state index in [4.69, 9.17) is 0 Å². The van der Waals surface area contributed by atoms with Crippen LogP contribution >= 0.6 is 0 Å². The molecule has 1 saturated heterocycles. The fraction of sp³-hybridized carbons (Fsp3) is 0.643. The Bertz CT molecular complexity index is 521. The molecule has 1 N–H and O–H groups in total. The van der Waals surface area contributed by atoms with Crippen molar-refractivity contribution in [2.75, 3.05) is 6.54 Å². The first-order chi connectivity index (χ1) is 9.35. The Morgan fingerprint density at radius 3 is 2.65 bits per heavy atom. The van der Waals surface area contributed by atoms with Crippen LogP contribution < -0.4 is 5.32 Å². The predicted molar refractivity (Wildman–Crippen MR) is 74.9 cm³/mol. The van der Waals surface area contributed by atoms with E-state index in [1.807, 2.05) is 20.2 Å². The summed E-state index contributed by atoms with van der Waals surface area (Å²) in [5.41, 5.74) is 0.247. The fourth-order valence-corrected chi connectivity index (χ4v) is 2.60. The molecule has 2 rings (SSSR count). The van der Waals surface area contributed by atoms with Gasteiger partial charge in [0.2, 0.25) is 11.8 Å². The van der Waals surface area contributed by atoms with Crippen LogP contribution in [-0.4, -0.2) is 44.6 Å². The first kappa shape index (κ1) is 14.6. The molecule has 6 nitrogen and oxygen atoms in total. The molecule has 0 spiro atoms. The van der Waals surface area contributed by atoms with Gasteiger partial charge in [0, 0.05) is 19.8 Å². The minimum absolute atomic E-state index is 0.0205. The number of rotatable bonds is 4. The molecule has 110 valence electrons. The van der Waals surface area contributed by atoms with Crippen molar-refractivity contribution in [3.63, 3.8) is 0 Å². The van der Waals surface area contributed by atoms with Crippen LogP contribution in [0.2, 0.25) is 0 Å². The highest BCUT2D eigenvalue weighted by atomic mass is 16.2. The zero-order chi connectivity index (χ0) is 14.9. The lowest BCUT2D eigenvalue weighted by Crippen LogP contribution is -2.68.